The molecule has 2 aromatic rings. The molecule has 8 heteroatoms. The molecule has 3 N–H and O–H groups in total. The first kappa shape index (κ1) is 13.6. The predicted octanol–water partition coefficient (Wildman–Crippen LogP) is 2.84. The molecule has 0 saturated heterocycles. The molecule has 20 heavy (non-hydrogen) atoms. The van der Waals surface area contributed by atoms with Gasteiger partial charge in [0.25, 0.3) is 0 Å². The lowest BCUT2D eigenvalue weighted by molar-refractivity contribution is -0.384. The molecular weight excluding hydrogens is 282 g/mol. The van der Waals surface area contributed by atoms with Gasteiger partial charge in [-0.1, -0.05) is 11.6 Å². The maximum atomic E-state index is 10.6. The van der Waals surface area contributed by atoms with Gasteiger partial charge in [0.15, 0.2) is 0 Å². The van der Waals surface area contributed by atoms with Crippen LogP contribution in [-0.2, 0) is 0 Å². The number of rotatable bonds is 3. The van der Waals surface area contributed by atoms with Crippen LogP contribution < -0.4 is 11.1 Å². The summed E-state index contributed by atoms with van der Waals surface area (Å²) >= 11 is 5.85. The number of aromatic nitrogens is 1. The molecule has 0 aliphatic carbocycles. The number of nitrogen functional groups attached to an aromatic ring is 1. The molecular formula is C12H8ClN5O2. The fourth-order valence-corrected chi connectivity index (χ4v) is 1.72. The van der Waals surface area contributed by atoms with E-state index in [1.54, 1.807) is 18.2 Å². The van der Waals surface area contributed by atoms with Crippen LogP contribution >= 0.6 is 11.6 Å². The molecule has 100 valence electrons. The highest BCUT2D eigenvalue weighted by Crippen LogP contribution is 2.26. The molecule has 0 radical (unpaired) electrons. The van der Waals surface area contributed by atoms with Crippen molar-refractivity contribution in [3.05, 3.63) is 51.0 Å². The third-order valence-electron chi connectivity index (χ3n) is 2.46. The summed E-state index contributed by atoms with van der Waals surface area (Å²) in [5.74, 6) is 0.0763. The molecule has 1 aromatic carbocycles. The van der Waals surface area contributed by atoms with Crippen molar-refractivity contribution in [2.75, 3.05) is 11.1 Å². The molecule has 0 amide bonds. The zero-order valence-corrected chi connectivity index (χ0v) is 10.8. The minimum absolute atomic E-state index is 0.208. The van der Waals surface area contributed by atoms with Crippen LogP contribution in [0.3, 0.4) is 0 Å². The topological polar surface area (TPSA) is 118 Å². The first-order valence-electron chi connectivity index (χ1n) is 5.39. The molecule has 1 heterocycles. The van der Waals surface area contributed by atoms with Gasteiger partial charge in [-0.15, -0.1) is 0 Å². The van der Waals surface area contributed by atoms with Crippen molar-refractivity contribution in [2.24, 2.45) is 0 Å². The van der Waals surface area contributed by atoms with Crippen molar-refractivity contribution >= 4 is 34.6 Å². The molecule has 0 atom stereocenters. The average Bonchev–Trinajstić information content (AvgIpc) is 2.38. The van der Waals surface area contributed by atoms with Crippen molar-refractivity contribution in [1.29, 1.82) is 5.26 Å². The average molecular weight is 290 g/mol. The second kappa shape index (κ2) is 5.42. The Morgan fingerprint density at radius 1 is 1.40 bits per heavy atom. The molecule has 2 rings (SSSR count). The normalized spacial score (nSPS) is 9.80. The standard InChI is InChI=1S/C12H8ClN5O2/c13-8-2-1-7(6-14)9(5-8)16-11-4-3-10(18(19)20)12(15)17-11/h1-5H,(H3,15,16,17). The van der Waals surface area contributed by atoms with Crippen molar-refractivity contribution in [3.8, 4) is 6.07 Å². The second-order valence-electron chi connectivity index (χ2n) is 3.78. The highest BCUT2D eigenvalue weighted by atomic mass is 35.5. The lowest BCUT2D eigenvalue weighted by Crippen LogP contribution is -2.02. The van der Waals surface area contributed by atoms with Crippen LogP contribution in [0.15, 0.2) is 30.3 Å². The van der Waals surface area contributed by atoms with Gasteiger partial charge < -0.3 is 11.1 Å². The Hall–Kier alpha value is -2.85. The monoisotopic (exact) mass is 289 g/mol. The second-order valence-corrected chi connectivity index (χ2v) is 4.22. The van der Waals surface area contributed by atoms with E-state index < -0.39 is 4.92 Å². The molecule has 0 unspecified atom stereocenters. The van der Waals surface area contributed by atoms with Gasteiger partial charge in [-0.3, -0.25) is 10.1 Å². The largest absolute Gasteiger partial charge is 0.378 e. The highest BCUT2D eigenvalue weighted by molar-refractivity contribution is 6.30. The van der Waals surface area contributed by atoms with Crippen LogP contribution in [0, 0.1) is 21.4 Å². The number of anilines is 3. The Morgan fingerprint density at radius 2 is 2.15 bits per heavy atom. The molecule has 0 aliphatic rings. The maximum absolute atomic E-state index is 10.6. The van der Waals surface area contributed by atoms with Crippen LogP contribution in [0.2, 0.25) is 5.02 Å². The number of nitrogens with one attached hydrogen (secondary N) is 1. The Bertz CT molecular complexity index is 726. The quantitative estimate of drug-likeness (QED) is 0.662. The summed E-state index contributed by atoms with van der Waals surface area (Å²) in [6.45, 7) is 0. The van der Waals surface area contributed by atoms with Crippen molar-refractivity contribution in [1.82, 2.24) is 4.98 Å². The summed E-state index contributed by atoms with van der Waals surface area (Å²) in [4.78, 5) is 13.9. The van der Waals surface area contributed by atoms with Gasteiger partial charge in [-0.25, -0.2) is 4.98 Å². The molecule has 0 spiro atoms. The van der Waals surface area contributed by atoms with Gasteiger partial charge in [0.2, 0.25) is 5.82 Å². The van der Waals surface area contributed by atoms with Crippen LogP contribution in [-0.4, -0.2) is 9.91 Å². The Labute approximate surface area is 118 Å². The number of hydrogen-bond donors (Lipinski definition) is 2. The number of nitro groups is 1. The molecule has 1 aromatic heterocycles. The van der Waals surface area contributed by atoms with E-state index in [0.29, 0.717) is 16.3 Å². The maximum Gasteiger partial charge on any atom is 0.311 e. The number of nitrogens with zero attached hydrogens (tertiary/aromatic N) is 3. The fraction of sp³-hybridized carbons (Fsp3) is 0. The zero-order valence-electron chi connectivity index (χ0n) is 10.0. The van der Waals surface area contributed by atoms with E-state index in [-0.39, 0.29) is 17.3 Å². The smallest absolute Gasteiger partial charge is 0.311 e. The van der Waals surface area contributed by atoms with Gasteiger partial charge >= 0.3 is 5.69 Å². The number of pyridine rings is 1. The third kappa shape index (κ3) is 2.76. The van der Waals surface area contributed by atoms with E-state index in [9.17, 15) is 10.1 Å². The van der Waals surface area contributed by atoms with Gasteiger partial charge in [-0.2, -0.15) is 5.26 Å². The van der Waals surface area contributed by atoms with Gasteiger partial charge in [-0.05, 0) is 24.3 Å². The zero-order chi connectivity index (χ0) is 14.7. The third-order valence-corrected chi connectivity index (χ3v) is 2.70. The van der Waals surface area contributed by atoms with Crippen LogP contribution in [0.1, 0.15) is 5.56 Å². The van der Waals surface area contributed by atoms with Gasteiger partial charge in [0.05, 0.1) is 16.2 Å². The molecule has 0 bridgehead atoms. The summed E-state index contributed by atoms with van der Waals surface area (Å²) in [7, 11) is 0. The number of hydrogen-bond acceptors (Lipinski definition) is 6. The van der Waals surface area contributed by atoms with Gasteiger partial charge in [0, 0.05) is 11.1 Å². The summed E-state index contributed by atoms with van der Waals surface area (Å²) < 4.78 is 0. The van der Waals surface area contributed by atoms with Crippen molar-refractivity contribution in [3.63, 3.8) is 0 Å². The lowest BCUT2D eigenvalue weighted by Gasteiger charge is -2.08. The lowest BCUT2D eigenvalue weighted by atomic mass is 10.2. The Morgan fingerprint density at radius 3 is 2.75 bits per heavy atom. The fourth-order valence-electron chi connectivity index (χ4n) is 1.55. The van der Waals surface area contributed by atoms with Crippen LogP contribution in [0.4, 0.5) is 23.0 Å². The van der Waals surface area contributed by atoms with E-state index in [0.717, 1.165) is 0 Å². The summed E-state index contributed by atoms with van der Waals surface area (Å²) in [5.41, 5.74) is 6.03. The Balaban J connectivity index is 2.36. The summed E-state index contributed by atoms with van der Waals surface area (Å²) in [6.07, 6.45) is 0. The summed E-state index contributed by atoms with van der Waals surface area (Å²) in [6, 6.07) is 9.33. The first-order chi connectivity index (χ1) is 9.51. The van der Waals surface area contributed by atoms with Crippen LogP contribution in [0.25, 0.3) is 0 Å². The molecule has 0 aliphatic heterocycles. The number of halogens is 1. The highest BCUT2D eigenvalue weighted by Gasteiger charge is 2.13. The van der Waals surface area contributed by atoms with E-state index in [2.05, 4.69) is 10.3 Å². The van der Waals surface area contributed by atoms with Crippen LogP contribution in [0.5, 0.6) is 0 Å². The SMILES string of the molecule is N#Cc1ccc(Cl)cc1Nc1ccc([N+](=O)[O-])c(N)n1. The minimum atomic E-state index is -0.619. The van der Waals surface area contributed by atoms with Crippen molar-refractivity contribution in [2.45, 2.75) is 0 Å². The molecule has 7 nitrogen and oxygen atoms in total. The van der Waals surface area contributed by atoms with E-state index >= 15 is 0 Å². The van der Waals surface area contributed by atoms with E-state index in [1.165, 1.54) is 12.1 Å². The summed E-state index contributed by atoms with van der Waals surface area (Å²) in [5, 5.41) is 22.9. The van der Waals surface area contributed by atoms with E-state index in [4.69, 9.17) is 22.6 Å². The molecule has 0 fully saturated rings. The minimum Gasteiger partial charge on any atom is -0.378 e. The molecule has 0 saturated carbocycles. The Kier molecular flexibility index (Phi) is 3.68. The number of nitriles is 1. The van der Waals surface area contributed by atoms with Crippen molar-refractivity contribution < 1.29 is 4.92 Å². The van der Waals surface area contributed by atoms with Gasteiger partial charge in [0.1, 0.15) is 11.9 Å². The number of benzene rings is 1. The number of nitrogens with two attached hydrogens (primary N) is 1. The first-order valence-corrected chi connectivity index (χ1v) is 5.76. The van der Waals surface area contributed by atoms with E-state index in [1.807, 2.05) is 6.07 Å². The predicted molar refractivity (Wildman–Crippen MR) is 74.8 cm³/mol.